The smallest absolute Gasteiger partial charge is 0.230 e. The number of aromatic nitrogens is 4. The molecular weight excluding hydrogens is 322 g/mol. The van der Waals surface area contributed by atoms with Gasteiger partial charge in [0.15, 0.2) is 5.65 Å². The summed E-state index contributed by atoms with van der Waals surface area (Å²) in [7, 11) is 0. The molecule has 0 atom stereocenters. The van der Waals surface area contributed by atoms with Crippen LogP contribution in [0.3, 0.4) is 0 Å². The Balaban J connectivity index is 1.54. The number of imidazole rings is 1. The number of thioether (sulfide) groups is 1. The minimum absolute atomic E-state index is 0.0637. The lowest BCUT2D eigenvalue weighted by Crippen LogP contribution is -2.24. The summed E-state index contributed by atoms with van der Waals surface area (Å²) in [4.78, 5) is 27.1. The standard InChI is InChI=1S/C14H12ClN5OS/c15-10-3-1-9(2-4-10)5-16-11(21)6-22-14-12-13(18-7-17-12)19-8-20-14/h1-4,7-8H,5-6H2,(H,16,21)(H,17,18,19,20). The predicted octanol–water partition coefficient (Wildman–Crippen LogP) is 2.41. The lowest BCUT2D eigenvalue weighted by Gasteiger charge is -2.05. The summed E-state index contributed by atoms with van der Waals surface area (Å²) in [5.41, 5.74) is 2.35. The van der Waals surface area contributed by atoms with Crippen molar-refractivity contribution in [2.24, 2.45) is 0 Å². The van der Waals surface area contributed by atoms with Gasteiger partial charge in [-0.25, -0.2) is 15.0 Å². The van der Waals surface area contributed by atoms with E-state index >= 15 is 0 Å². The molecule has 0 bridgehead atoms. The molecule has 0 fully saturated rings. The van der Waals surface area contributed by atoms with Crippen molar-refractivity contribution in [1.29, 1.82) is 0 Å². The molecule has 6 nitrogen and oxygen atoms in total. The molecule has 2 N–H and O–H groups in total. The zero-order valence-corrected chi connectivity index (χ0v) is 13.0. The van der Waals surface area contributed by atoms with Gasteiger partial charge in [0.2, 0.25) is 5.91 Å². The quantitative estimate of drug-likeness (QED) is 0.553. The molecule has 0 aliphatic heterocycles. The van der Waals surface area contributed by atoms with Crippen LogP contribution in [0.2, 0.25) is 5.02 Å². The number of H-pyrrole nitrogens is 1. The Bertz CT molecular complexity index is 789. The number of carbonyl (C=O) groups excluding carboxylic acids is 1. The first-order chi connectivity index (χ1) is 10.7. The van der Waals surface area contributed by atoms with Crippen molar-refractivity contribution in [2.45, 2.75) is 11.6 Å². The normalized spacial score (nSPS) is 10.8. The van der Waals surface area contributed by atoms with Crippen LogP contribution in [0, 0.1) is 0 Å². The van der Waals surface area contributed by atoms with Gasteiger partial charge in [-0.05, 0) is 17.7 Å². The van der Waals surface area contributed by atoms with Crippen LogP contribution in [0.4, 0.5) is 0 Å². The number of aromatic amines is 1. The van der Waals surface area contributed by atoms with Crippen LogP contribution in [-0.4, -0.2) is 31.6 Å². The fourth-order valence-electron chi connectivity index (χ4n) is 1.84. The van der Waals surface area contributed by atoms with Crippen molar-refractivity contribution in [3.8, 4) is 0 Å². The third-order valence-electron chi connectivity index (χ3n) is 2.93. The Labute approximate surface area is 135 Å². The van der Waals surface area contributed by atoms with Gasteiger partial charge in [0, 0.05) is 11.6 Å². The third kappa shape index (κ3) is 3.55. The van der Waals surface area contributed by atoms with E-state index in [1.807, 2.05) is 12.1 Å². The van der Waals surface area contributed by atoms with E-state index in [1.165, 1.54) is 18.1 Å². The number of halogens is 1. The first-order valence-corrected chi connectivity index (χ1v) is 7.87. The molecule has 8 heteroatoms. The molecule has 0 saturated heterocycles. The summed E-state index contributed by atoms with van der Waals surface area (Å²) in [5, 5.41) is 4.25. The van der Waals surface area contributed by atoms with Crippen LogP contribution >= 0.6 is 23.4 Å². The maximum atomic E-state index is 11.9. The molecule has 1 amide bonds. The highest BCUT2D eigenvalue weighted by Gasteiger charge is 2.09. The number of hydrogen-bond acceptors (Lipinski definition) is 5. The highest BCUT2D eigenvalue weighted by Crippen LogP contribution is 2.21. The summed E-state index contributed by atoms with van der Waals surface area (Å²) in [5.74, 6) is 0.213. The molecule has 22 heavy (non-hydrogen) atoms. The van der Waals surface area contributed by atoms with Gasteiger partial charge in [0.25, 0.3) is 0 Å². The summed E-state index contributed by atoms with van der Waals surface area (Å²) in [6.45, 7) is 0.472. The second kappa shape index (κ2) is 6.76. The average Bonchev–Trinajstić information content (AvgIpc) is 3.01. The van der Waals surface area contributed by atoms with Crippen molar-refractivity contribution < 1.29 is 4.79 Å². The SMILES string of the molecule is O=C(CSc1ncnc2nc[nH]c12)NCc1ccc(Cl)cc1. The van der Waals surface area contributed by atoms with Gasteiger partial charge in [-0.2, -0.15) is 0 Å². The van der Waals surface area contributed by atoms with E-state index in [4.69, 9.17) is 11.6 Å². The fourth-order valence-corrected chi connectivity index (χ4v) is 2.75. The van der Waals surface area contributed by atoms with Crippen LogP contribution in [0.25, 0.3) is 11.2 Å². The zero-order chi connectivity index (χ0) is 15.4. The van der Waals surface area contributed by atoms with Crippen molar-refractivity contribution >= 4 is 40.4 Å². The molecule has 2 heterocycles. The van der Waals surface area contributed by atoms with E-state index in [9.17, 15) is 4.79 Å². The molecular formula is C14H12ClN5OS. The van der Waals surface area contributed by atoms with Gasteiger partial charge in [-0.3, -0.25) is 4.79 Å². The van der Waals surface area contributed by atoms with Crippen LogP contribution in [0.15, 0.2) is 41.9 Å². The maximum Gasteiger partial charge on any atom is 0.230 e. The molecule has 0 radical (unpaired) electrons. The van der Waals surface area contributed by atoms with E-state index in [0.717, 1.165) is 11.1 Å². The van der Waals surface area contributed by atoms with Crippen molar-refractivity contribution in [3.05, 3.63) is 47.5 Å². The van der Waals surface area contributed by atoms with E-state index in [2.05, 4.69) is 25.3 Å². The number of nitrogens with one attached hydrogen (secondary N) is 2. The highest BCUT2D eigenvalue weighted by atomic mass is 35.5. The molecule has 2 aromatic heterocycles. The monoisotopic (exact) mass is 333 g/mol. The van der Waals surface area contributed by atoms with E-state index < -0.39 is 0 Å². The molecule has 0 spiro atoms. The fraction of sp³-hybridized carbons (Fsp3) is 0.143. The second-order valence-electron chi connectivity index (χ2n) is 4.47. The average molecular weight is 334 g/mol. The number of benzene rings is 1. The zero-order valence-electron chi connectivity index (χ0n) is 11.4. The lowest BCUT2D eigenvalue weighted by molar-refractivity contribution is -0.118. The molecule has 0 saturated carbocycles. The first-order valence-electron chi connectivity index (χ1n) is 6.50. The number of hydrogen-bond donors (Lipinski definition) is 2. The van der Waals surface area contributed by atoms with Gasteiger partial charge in [-0.1, -0.05) is 35.5 Å². The van der Waals surface area contributed by atoms with Crippen LogP contribution in [0.1, 0.15) is 5.56 Å². The van der Waals surface area contributed by atoms with Gasteiger partial charge in [0.1, 0.15) is 16.9 Å². The van der Waals surface area contributed by atoms with Gasteiger partial charge >= 0.3 is 0 Å². The third-order valence-corrected chi connectivity index (χ3v) is 4.17. The number of nitrogens with zero attached hydrogens (tertiary/aromatic N) is 3. The minimum Gasteiger partial charge on any atom is -0.351 e. The van der Waals surface area contributed by atoms with Gasteiger partial charge in [0.05, 0.1) is 12.1 Å². The molecule has 3 rings (SSSR count). The van der Waals surface area contributed by atoms with Crippen molar-refractivity contribution in [2.75, 3.05) is 5.75 Å². The Morgan fingerprint density at radius 2 is 2.05 bits per heavy atom. The van der Waals surface area contributed by atoms with Gasteiger partial charge < -0.3 is 10.3 Å². The molecule has 0 aliphatic carbocycles. The molecule has 112 valence electrons. The summed E-state index contributed by atoms with van der Waals surface area (Å²) in [6, 6.07) is 7.37. The molecule has 0 unspecified atom stereocenters. The Kier molecular flexibility index (Phi) is 4.55. The van der Waals surface area contributed by atoms with Crippen LogP contribution in [0.5, 0.6) is 0 Å². The minimum atomic E-state index is -0.0637. The largest absolute Gasteiger partial charge is 0.351 e. The number of fused-ring (bicyclic) bond motifs is 1. The Hall–Kier alpha value is -2.12. The van der Waals surface area contributed by atoms with Crippen LogP contribution in [-0.2, 0) is 11.3 Å². The number of amides is 1. The van der Waals surface area contributed by atoms with Crippen molar-refractivity contribution in [3.63, 3.8) is 0 Å². The predicted molar refractivity (Wildman–Crippen MR) is 85.7 cm³/mol. The van der Waals surface area contributed by atoms with E-state index in [0.29, 0.717) is 22.2 Å². The number of rotatable bonds is 5. The van der Waals surface area contributed by atoms with Crippen LogP contribution < -0.4 is 5.32 Å². The topological polar surface area (TPSA) is 83.6 Å². The summed E-state index contributed by atoms with van der Waals surface area (Å²) in [6.07, 6.45) is 3.00. The summed E-state index contributed by atoms with van der Waals surface area (Å²) < 4.78 is 0. The molecule has 0 aliphatic rings. The molecule has 3 aromatic rings. The summed E-state index contributed by atoms with van der Waals surface area (Å²) >= 11 is 7.16. The first kappa shape index (κ1) is 14.8. The van der Waals surface area contributed by atoms with Gasteiger partial charge in [-0.15, -0.1) is 0 Å². The van der Waals surface area contributed by atoms with E-state index in [1.54, 1.807) is 18.5 Å². The Morgan fingerprint density at radius 3 is 2.86 bits per heavy atom. The van der Waals surface area contributed by atoms with Crippen molar-refractivity contribution in [1.82, 2.24) is 25.3 Å². The highest BCUT2D eigenvalue weighted by molar-refractivity contribution is 8.00. The Morgan fingerprint density at radius 1 is 1.23 bits per heavy atom. The number of carbonyl (C=O) groups is 1. The second-order valence-corrected chi connectivity index (χ2v) is 5.87. The maximum absolute atomic E-state index is 11.9. The lowest BCUT2D eigenvalue weighted by atomic mass is 10.2. The molecule has 1 aromatic carbocycles. The van der Waals surface area contributed by atoms with E-state index in [-0.39, 0.29) is 11.7 Å².